The molecule has 66 heavy (non-hydrogen) atoms. The van der Waals surface area contributed by atoms with Crippen LogP contribution < -0.4 is 10.1 Å². The first-order valence-electron chi connectivity index (χ1n) is 22.4. The van der Waals surface area contributed by atoms with Crippen molar-refractivity contribution < 1.29 is 58.9 Å². The van der Waals surface area contributed by atoms with Crippen molar-refractivity contribution in [1.29, 1.82) is 0 Å². The van der Waals surface area contributed by atoms with E-state index in [0.29, 0.717) is 26.2 Å². The molecular formula is C50H64N4O12. The molecule has 0 aromatic heterocycles. The van der Waals surface area contributed by atoms with Gasteiger partial charge in [0, 0.05) is 93.9 Å². The van der Waals surface area contributed by atoms with Crippen molar-refractivity contribution in [2.75, 3.05) is 45.2 Å². The van der Waals surface area contributed by atoms with Gasteiger partial charge in [-0.25, -0.2) is 0 Å². The number of nitrogens with zero attached hydrogens (tertiary/aromatic N) is 3. The first-order chi connectivity index (χ1) is 31.3. The molecule has 7 rings (SSSR count). The molecule has 4 heterocycles. The number of aliphatic hydroxyl groups excluding tert-OH is 2. The fourth-order valence-electron chi connectivity index (χ4n) is 9.02. The third-order valence-electron chi connectivity index (χ3n) is 13.3. The summed E-state index contributed by atoms with van der Waals surface area (Å²) in [5.41, 5.74) is 0.883. The number of hydrazone groups is 1. The van der Waals surface area contributed by atoms with E-state index < -0.39 is 88.8 Å². The zero-order valence-corrected chi connectivity index (χ0v) is 39.1. The summed E-state index contributed by atoms with van der Waals surface area (Å²) in [6.45, 7) is 15.9. The van der Waals surface area contributed by atoms with E-state index in [1.165, 1.54) is 65.0 Å². The molecule has 16 nitrogen and oxygen atoms in total. The maximum Gasteiger partial charge on any atom is 0.312 e. The summed E-state index contributed by atoms with van der Waals surface area (Å²) in [5.74, 6) is -8.40. The Labute approximate surface area is 385 Å². The Bertz CT molecular complexity index is 2410. The highest BCUT2D eigenvalue weighted by Gasteiger charge is 2.50. The van der Waals surface area contributed by atoms with Gasteiger partial charge in [0.1, 0.15) is 23.4 Å². The Kier molecular flexibility index (Phi) is 15.5. The molecule has 4 aliphatic rings. The van der Waals surface area contributed by atoms with Gasteiger partial charge in [0.25, 0.3) is 11.7 Å². The van der Waals surface area contributed by atoms with Crippen LogP contribution >= 0.6 is 0 Å². The van der Waals surface area contributed by atoms with Crippen LogP contribution in [0.2, 0.25) is 0 Å². The number of carbonyl (C=O) groups is 3. The first kappa shape index (κ1) is 49.5. The van der Waals surface area contributed by atoms with Gasteiger partial charge in [0.2, 0.25) is 0 Å². The number of benzene rings is 3. The molecule has 5 bridgehead atoms. The predicted octanol–water partition coefficient (Wildman–Crippen LogP) is 5.95. The molecule has 3 aromatic rings. The number of piperazine rings is 1. The fourth-order valence-corrected chi connectivity index (χ4v) is 9.02. The molecule has 0 aliphatic carbocycles. The van der Waals surface area contributed by atoms with Crippen LogP contribution in [-0.2, 0) is 30.2 Å². The highest BCUT2D eigenvalue weighted by Crippen LogP contribution is 2.55. The Balaban J connectivity index is 1.43. The van der Waals surface area contributed by atoms with Gasteiger partial charge in [-0.2, -0.15) is 5.10 Å². The number of methoxy groups -OCH3 is 1. The van der Waals surface area contributed by atoms with Crippen LogP contribution in [0.15, 0.2) is 71.6 Å². The minimum absolute atomic E-state index is 0.0538. The van der Waals surface area contributed by atoms with Crippen molar-refractivity contribution >= 4 is 40.3 Å². The SMILES string of the molecule is COC1/C=C/OC2(C)Oc3c(C)c(O)c4c(O)c(c(/C=N\N5CCN(CCc6ccccc6)CC5)c(O)c4c3C2=O)NC(=O)/C(C)=C/C=C/C(C)C(O)C(C)C(O)C(C)C(OC(C)=O)C1C. The number of allylic oxidation sites excluding steroid dienone is 2. The zero-order chi connectivity index (χ0) is 48.2. The number of aromatic hydroxyl groups is 3. The molecule has 356 valence electrons. The number of hydrogen-bond donors (Lipinski definition) is 6. The number of amides is 1. The molecule has 1 saturated heterocycles. The molecule has 0 radical (unpaired) electrons. The maximum absolute atomic E-state index is 14.6. The maximum atomic E-state index is 14.6. The number of nitrogens with one attached hydrogen (secondary N) is 1. The number of phenols is 3. The van der Waals surface area contributed by atoms with E-state index in [1.807, 2.05) is 23.2 Å². The molecule has 4 aliphatic heterocycles. The van der Waals surface area contributed by atoms with Crippen LogP contribution in [-0.4, -0.2) is 129 Å². The predicted molar refractivity (Wildman–Crippen MR) is 250 cm³/mol. The summed E-state index contributed by atoms with van der Waals surface area (Å²) in [6, 6.07) is 10.2. The Hall–Kier alpha value is -5.94. The second-order valence-electron chi connectivity index (χ2n) is 17.9. The van der Waals surface area contributed by atoms with E-state index in [2.05, 4.69) is 27.5 Å². The lowest BCUT2D eigenvalue weighted by Gasteiger charge is -2.38. The van der Waals surface area contributed by atoms with Crippen LogP contribution in [0.3, 0.4) is 0 Å². The largest absolute Gasteiger partial charge is 0.507 e. The van der Waals surface area contributed by atoms with Crippen LogP contribution in [0.1, 0.15) is 75.5 Å². The number of ketones is 1. The fraction of sp³-hybridized carbons (Fsp3) is 0.480. The number of Topliss-reactive ketones (excluding diaryl/α,β-unsaturated/α-hetero) is 1. The van der Waals surface area contributed by atoms with Crippen molar-refractivity contribution in [1.82, 2.24) is 9.91 Å². The highest BCUT2D eigenvalue weighted by molar-refractivity contribution is 6.23. The Morgan fingerprint density at radius 3 is 2.26 bits per heavy atom. The molecule has 9 unspecified atom stereocenters. The van der Waals surface area contributed by atoms with Crippen molar-refractivity contribution in [2.45, 2.75) is 92.0 Å². The number of hydrogen-bond acceptors (Lipinski definition) is 15. The smallest absolute Gasteiger partial charge is 0.312 e. The minimum atomic E-state index is -2.06. The van der Waals surface area contributed by atoms with Gasteiger partial charge < -0.3 is 49.8 Å². The normalized spacial score (nSPS) is 29.9. The number of ether oxygens (including phenoxy) is 4. The number of esters is 1. The van der Waals surface area contributed by atoms with Gasteiger partial charge in [-0.1, -0.05) is 76.3 Å². The lowest BCUT2D eigenvalue weighted by Crippen LogP contribution is -2.46. The lowest BCUT2D eigenvalue weighted by atomic mass is 9.78. The number of aliphatic hydroxyl groups is 2. The van der Waals surface area contributed by atoms with E-state index in [0.717, 1.165) is 13.0 Å². The number of phenolic OH excluding ortho intramolecular Hbond substituents is 3. The zero-order valence-electron chi connectivity index (χ0n) is 39.1. The summed E-state index contributed by atoms with van der Waals surface area (Å²) in [7, 11) is 1.44. The van der Waals surface area contributed by atoms with E-state index in [4.69, 9.17) is 18.9 Å². The van der Waals surface area contributed by atoms with Crippen molar-refractivity contribution in [3.63, 3.8) is 0 Å². The van der Waals surface area contributed by atoms with Crippen molar-refractivity contribution in [2.24, 2.45) is 28.8 Å². The molecule has 0 spiro atoms. The number of anilines is 1. The van der Waals surface area contributed by atoms with E-state index >= 15 is 0 Å². The molecular weight excluding hydrogens is 849 g/mol. The van der Waals surface area contributed by atoms with Gasteiger partial charge in [0.05, 0.1) is 53.0 Å². The number of carbonyl (C=O) groups excluding carboxylic acids is 3. The summed E-state index contributed by atoms with van der Waals surface area (Å²) < 4.78 is 23.7. The number of rotatable bonds is 7. The second kappa shape index (κ2) is 20.7. The molecule has 1 fully saturated rings. The average Bonchev–Trinajstić information content (AvgIpc) is 3.56. The third kappa shape index (κ3) is 10.2. The summed E-state index contributed by atoms with van der Waals surface area (Å²) in [6.07, 6.45) is 5.78. The Morgan fingerprint density at radius 2 is 1.61 bits per heavy atom. The summed E-state index contributed by atoms with van der Waals surface area (Å²) in [4.78, 5) is 43.2. The second-order valence-corrected chi connectivity index (χ2v) is 17.9. The van der Waals surface area contributed by atoms with Crippen LogP contribution in [0, 0.1) is 30.6 Å². The van der Waals surface area contributed by atoms with Gasteiger partial charge in [-0.05, 0) is 31.9 Å². The molecule has 1 amide bonds. The molecule has 6 N–H and O–H groups in total. The quantitative estimate of drug-likeness (QED) is 0.0699. The Morgan fingerprint density at radius 1 is 0.924 bits per heavy atom. The van der Waals surface area contributed by atoms with Gasteiger partial charge in [-0.3, -0.25) is 24.3 Å². The molecule has 16 heteroatoms. The van der Waals surface area contributed by atoms with Gasteiger partial charge in [-0.15, -0.1) is 0 Å². The lowest BCUT2D eigenvalue weighted by molar-refractivity contribution is -0.160. The van der Waals surface area contributed by atoms with E-state index in [9.17, 15) is 39.9 Å². The standard InChI is InChI=1S/C50H64N4O12/c1-27-14-13-15-28(2)49(62)52-40-35(26-51-54-23-21-53(22-24-54)20-18-34-16-11-10-12-17-34)44(59)37-38(45(40)60)43(58)32(6)47-39(37)48(61)50(8,66-47)64-25-19-36(63-9)29(3)46(65-33(7)55)31(5)42(57)30(4)41(27)56/h10-17,19,25-27,29-31,36,41-42,46,56-60H,18,20-24H2,1-9H3,(H,52,62)/b14-13+,25-19+,28-15+,51-26-. The van der Waals surface area contributed by atoms with Crippen molar-refractivity contribution in [3.05, 3.63) is 88.7 Å². The summed E-state index contributed by atoms with van der Waals surface area (Å²) >= 11 is 0. The van der Waals surface area contributed by atoms with E-state index in [-0.39, 0.29) is 44.5 Å². The van der Waals surface area contributed by atoms with Gasteiger partial charge in [0.15, 0.2) is 5.75 Å². The molecule has 0 saturated carbocycles. The van der Waals surface area contributed by atoms with Crippen LogP contribution in [0.5, 0.6) is 23.0 Å². The first-order valence-corrected chi connectivity index (χ1v) is 22.4. The van der Waals surface area contributed by atoms with Crippen LogP contribution in [0.4, 0.5) is 5.69 Å². The van der Waals surface area contributed by atoms with Gasteiger partial charge >= 0.3 is 11.8 Å². The van der Waals surface area contributed by atoms with E-state index in [1.54, 1.807) is 39.8 Å². The summed E-state index contributed by atoms with van der Waals surface area (Å²) in [5, 5.41) is 67.6. The topological polar surface area (TPSA) is 220 Å². The monoisotopic (exact) mass is 912 g/mol. The highest BCUT2D eigenvalue weighted by atomic mass is 16.7. The average molecular weight is 913 g/mol. The minimum Gasteiger partial charge on any atom is -0.507 e. The van der Waals surface area contributed by atoms with Crippen molar-refractivity contribution in [3.8, 4) is 23.0 Å². The van der Waals surface area contributed by atoms with Crippen LogP contribution in [0.25, 0.3) is 10.8 Å². The molecule has 9 atom stereocenters. The number of fused-ring (bicyclic) bond motifs is 14. The third-order valence-corrected chi connectivity index (χ3v) is 13.3. The molecule has 3 aromatic carbocycles.